The summed E-state index contributed by atoms with van der Waals surface area (Å²) in [4.78, 5) is 10.6. The molecule has 120 valence electrons. The van der Waals surface area contributed by atoms with Crippen molar-refractivity contribution in [2.75, 3.05) is 0 Å². The van der Waals surface area contributed by atoms with Gasteiger partial charge in [0.2, 0.25) is 0 Å². The van der Waals surface area contributed by atoms with Crippen molar-refractivity contribution in [3.05, 3.63) is 99.6 Å². The summed E-state index contributed by atoms with van der Waals surface area (Å²) in [5.41, 5.74) is 3.93. The molecule has 0 aliphatic heterocycles. The molecular formula is C20H17NO3. The zero-order valence-electron chi connectivity index (χ0n) is 13.2. The van der Waals surface area contributed by atoms with Gasteiger partial charge in [0.25, 0.3) is 5.69 Å². The van der Waals surface area contributed by atoms with Gasteiger partial charge in [-0.25, -0.2) is 0 Å². The number of nitro groups is 1. The van der Waals surface area contributed by atoms with E-state index in [0.717, 1.165) is 11.1 Å². The second-order valence-corrected chi connectivity index (χ2v) is 5.64. The smallest absolute Gasteiger partial charge is 0.272 e. The van der Waals surface area contributed by atoms with E-state index in [1.807, 2.05) is 54.6 Å². The molecule has 3 rings (SSSR count). The van der Waals surface area contributed by atoms with Crippen molar-refractivity contribution in [3.63, 3.8) is 0 Å². The number of aliphatic hydroxyl groups excluding tert-OH is 1. The molecule has 3 aromatic rings. The lowest BCUT2D eigenvalue weighted by molar-refractivity contribution is -0.385. The van der Waals surface area contributed by atoms with E-state index >= 15 is 0 Å². The molecule has 0 spiro atoms. The zero-order chi connectivity index (χ0) is 17.1. The molecule has 0 saturated carbocycles. The van der Waals surface area contributed by atoms with Crippen LogP contribution in [0.25, 0.3) is 11.1 Å². The van der Waals surface area contributed by atoms with Crippen LogP contribution in [0, 0.1) is 17.0 Å². The highest BCUT2D eigenvalue weighted by Gasteiger charge is 2.19. The van der Waals surface area contributed by atoms with E-state index in [1.165, 1.54) is 6.07 Å². The second kappa shape index (κ2) is 6.64. The van der Waals surface area contributed by atoms with Gasteiger partial charge in [0.15, 0.2) is 0 Å². The van der Waals surface area contributed by atoms with Crippen LogP contribution in [0.2, 0.25) is 0 Å². The van der Waals surface area contributed by atoms with Crippen molar-refractivity contribution in [2.24, 2.45) is 0 Å². The van der Waals surface area contributed by atoms with Gasteiger partial charge in [-0.1, -0.05) is 66.7 Å². The Kier molecular flexibility index (Phi) is 4.40. The standard InChI is InChI=1S/C20H17NO3/c1-14-18(8-5-9-19(14)21(23)24)20(22)17-12-10-16(11-13-17)15-6-3-2-4-7-15/h2-13,20,22H,1H3/t20-/m1/s1. The van der Waals surface area contributed by atoms with Gasteiger partial charge >= 0.3 is 0 Å². The Hall–Kier alpha value is -2.98. The first-order chi connectivity index (χ1) is 11.6. The van der Waals surface area contributed by atoms with Gasteiger partial charge in [0, 0.05) is 11.6 Å². The minimum absolute atomic E-state index is 0.0208. The van der Waals surface area contributed by atoms with Crippen molar-refractivity contribution in [3.8, 4) is 11.1 Å². The van der Waals surface area contributed by atoms with E-state index in [4.69, 9.17) is 0 Å². The van der Waals surface area contributed by atoms with Crippen molar-refractivity contribution in [2.45, 2.75) is 13.0 Å². The van der Waals surface area contributed by atoms with Crippen LogP contribution in [-0.2, 0) is 0 Å². The van der Waals surface area contributed by atoms with Crippen LogP contribution in [0.15, 0.2) is 72.8 Å². The molecular weight excluding hydrogens is 302 g/mol. The fraction of sp³-hybridized carbons (Fsp3) is 0.100. The van der Waals surface area contributed by atoms with Crippen LogP contribution in [0.1, 0.15) is 22.8 Å². The lowest BCUT2D eigenvalue weighted by Crippen LogP contribution is -2.04. The van der Waals surface area contributed by atoms with Crippen molar-refractivity contribution in [1.29, 1.82) is 0 Å². The first-order valence-corrected chi connectivity index (χ1v) is 7.65. The molecule has 0 aliphatic carbocycles. The predicted octanol–water partition coefficient (Wildman–Crippen LogP) is 4.65. The topological polar surface area (TPSA) is 63.4 Å². The van der Waals surface area contributed by atoms with Crippen LogP contribution in [0.4, 0.5) is 5.69 Å². The van der Waals surface area contributed by atoms with Gasteiger partial charge < -0.3 is 5.11 Å². The third kappa shape index (κ3) is 3.05. The van der Waals surface area contributed by atoms with E-state index in [1.54, 1.807) is 19.1 Å². The third-order valence-electron chi connectivity index (χ3n) is 4.17. The highest BCUT2D eigenvalue weighted by molar-refractivity contribution is 5.63. The zero-order valence-corrected chi connectivity index (χ0v) is 13.2. The summed E-state index contributed by atoms with van der Waals surface area (Å²) in [7, 11) is 0. The molecule has 0 aliphatic rings. The fourth-order valence-corrected chi connectivity index (χ4v) is 2.80. The maximum absolute atomic E-state index is 11.1. The van der Waals surface area contributed by atoms with E-state index in [9.17, 15) is 15.2 Å². The van der Waals surface area contributed by atoms with Crippen molar-refractivity contribution in [1.82, 2.24) is 0 Å². The Bertz CT molecular complexity index is 858. The number of nitro benzene ring substituents is 1. The minimum atomic E-state index is -0.894. The molecule has 4 nitrogen and oxygen atoms in total. The Balaban J connectivity index is 1.92. The first kappa shape index (κ1) is 15.9. The monoisotopic (exact) mass is 319 g/mol. The largest absolute Gasteiger partial charge is 0.384 e. The number of hydrogen-bond donors (Lipinski definition) is 1. The van der Waals surface area contributed by atoms with Gasteiger partial charge in [-0.05, 0) is 29.2 Å². The Morgan fingerprint density at radius 1 is 0.875 bits per heavy atom. The average Bonchev–Trinajstić information content (AvgIpc) is 2.62. The van der Waals surface area contributed by atoms with Gasteiger partial charge in [0.1, 0.15) is 6.10 Å². The summed E-state index contributed by atoms with van der Waals surface area (Å²) >= 11 is 0. The fourth-order valence-electron chi connectivity index (χ4n) is 2.80. The van der Waals surface area contributed by atoms with Crippen molar-refractivity contribution < 1.29 is 10.0 Å². The highest BCUT2D eigenvalue weighted by atomic mass is 16.6. The van der Waals surface area contributed by atoms with Crippen molar-refractivity contribution >= 4 is 5.69 Å². The normalized spacial score (nSPS) is 11.9. The molecule has 0 bridgehead atoms. The highest BCUT2D eigenvalue weighted by Crippen LogP contribution is 2.31. The molecule has 0 fully saturated rings. The molecule has 0 radical (unpaired) electrons. The average molecular weight is 319 g/mol. The summed E-state index contributed by atoms with van der Waals surface area (Å²) in [6.07, 6.45) is -0.894. The molecule has 1 atom stereocenters. The summed E-state index contributed by atoms with van der Waals surface area (Å²) in [6, 6.07) is 22.3. The SMILES string of the molecule is Cc1c([C@H](O)c2ccc(-c3ccccc3)cc2)cccc1[N+](=O)[O-]. The lowest BCUT2D eigenvalue weighted by atomic mass is 9.95. The van der Waals surface area contributed by atoms with E-state index < -0.39 is 11.0 Å². The molecule has 24 heavy (non-hydrogen) atoms. The molecule has 0 heterocycles. The summed E-state index contributed by atoms with van der Waals surface area (Å²) < 4.78 is 0. The number of aliphatic hydroxyl groups is 1. The number of hydrogen-bond acceptors (Lipinski definition) is 3. The predicted molar refractivity (Wildman–Crippen MR) is 93.8 cm³/mol. The summed E-state index contributed by atoms with van der Waals surface area (Å²) in [5, 5.41) is 21.7. The van der Waals surface area contributed by atoms with Gasteiger partial charge in [0.05, 0.1) is 4.92 Å². The Morgan fingerprint density at radius 2 is 1.50 bits per heavy atom. The maximum Gasteiger partial charge on any atom is 0.272 e. The van der Waals surface area contributed by atoms with Crippen LogP contribution in [0.5, 0.6) is 0 Å². The summed E-state index contributed by atoms with van der Waals surface area (Å²) in [5.74, 6) is 0. The van der Waals surface area contributed by atoms with E-state index in [-0.39, 0.29) is 5.69 Å². The van der Waals surface area contributed by atoms with Crippen LogP contribution < -0.4 is 0 Å². The Labute approximate surface area is 140 Å². The van der Waals surface area contributed by atoms with Crippen LogP contribution >= 0.6 is 0 Å². The van der Waals surface area contributed by atoms with E-state index in [0.29, 0.717) is 16.7 Å². The maximum atomic E-state index is 11.1. The third-order valence-corrected chi connectivity index (χ3v) is 4.17. The molecule has 3 aromatic carbocycles. The molecule has 1 N–H and O–H groups in total. The first-order valence-electron chi connectivity index (χ1n) is 7.65. The van der Waals surface area contributed by atoms with Gasteiger partial charge in [-0.15, -0.1) is 0 Å². The number of benzene rings is 3. The number of rotatable bonds is 4. The van der Waals surface area contributed by atoms with E-state index in [2.05, 4.69) is 0 Å². The van der Waals surface area contributed by atoms with Crippen LogP contribution in [0.3, 0.4) is 0 Å². The molecule has 0 aromatic heterocycles. The molecule has 4 heteroatoms. The molecule has 0 saturated heterocycles. The van der Waals surface area contributed by atoms with Gasteiger partial charge in [-0.3, -0.25) is 10.1 Å². The lowest BCUT2D eigenvalue weighted by Gasteiger charge is -2.15. The molecule has 0 unspecified atom stereocenters. The molecule has 0 amide bonds. The minimum Gasteiger partial charge on any atom is -0.384 e. The van der Waals surface area contributed by atoms with Crippen LogP contribution in [-0.4, -0.2) is 10.0 Å². The second-order valence-electron chi connectivity index (χ2n) is 5.64. The summed E-state index contributed by atoms with van der Waals surface area (Å²) in [6.45, 7) is 1.66. The number of nitrogens with zero attached hydrogens (tertiary/aromatic N) is 1. The Morgan fingerprint density at radius 3 is 2.12 bits per heavy atom. The van der Waals surface area contributed by atoms with Gasteiger partial charge in [-0.2, -0.15) is 0 Å². The quantitative estimate of drug-likeness (QED) is 0.562.